The number of nitrogens with zero attached hydrogens (tertiary/aromatic N) is 2. The summed E-state index contributed by atoms with van der Waals surface area (Å²) in [5.74, 6) is 0.591. The van der Waals surface area contributed by atoms with Crippen molar-refractivity contribution in [3.63, 3.8) is 0 Å². The summed E-state index contributed by atoms with van der Waals surface area (Å²) in [5.41, 5.74) is 3.33. The Morgan fingerprint density at radius 2 is 1.84 bits per heavy atom. The van der Waals surface area contributed by atoms with Crippen molar-refractivity contribution in [2.75, 3.05) is 0 Å². The van der Waals surface area contributed by atoms with Crippen LogP contribution in [-0.2, 0) is 17.9 Å². The molecule has 0 spiro atoms. The van der Waals surface area contributed by atoms with E-state index in [1.807, 2.05) is 61.7 Å². The van der Waals surface area contributed by atoms with Crippen LogP contribution in [0.3, 0.4) is 0 Å². The van der Waals surface area contributed by atoms with E-state index >= 15 is 0 Å². The number of nitrogens with one attached hydrogen (secondary N) is 1. The maximum atomic E-state index is 13.7. The number of benzene rings is 1. The van der Waals surface area contributed by atoms with Crippen LogP contribution < -0.4 is 5.32 Å². The lowest BCUT2D eigenvalue weighted by molar-refractivity contribution is -0.134. The molecule has 1 saturated carbocycles. The fourth-order valence-corrected chi connectivity index (χ4v) is 5.17. The molecule has 32 heavy (non-hydrogen) atoms. The summed E-state index contributed by atoms with van der Waals surface area (Å²) in [6, 6.07) is 12.1. The van der Waals surface area contributed by atoms with Gasteiger partial charge in [-0.15, -0.1) is 0 Å². The predicted octanol–water partition coefficient (Wildman–Crippen LogP) is 4.71. The van der Waals surface area contributed by atoms with Gasteiger partial charge < -0.3 is 19.2 Å². The summed E-state index contributed by atoms with van der Waals surface area (Å²) in [7, 11) is 0. The van der Waals surface area contributed by atoms with Gasteiger partial charge in [-0.05, 0) is 39.2 Å². The van der Waals surface area contributed by atoms with E-state index in [9.17, 15) is 9.59 Å². The van der Waals surface area contributed by atoms with E-state index in [0.717, 1.165) is 42.5 Å². The maximum Gasteiger partial charge on any atom is 0.271 e. The van der Waals surface area contributed by atoms with E-state index in [1.54, 1.807) is 4.90 Å². The first-order chi connectivity index (χ1) is 15.3. The van der Waals surface area contributed by atoms with E-state index in [2.05, 4.69) is 5.32 Å². The molecule has 3 heterocycles. The number of hydrogen-bond acceptors (Lipinski definition) is 3. The van der Waals surface area contributed by atoms with E-state index in [-0.39, 0.29) is 17.9 Å². The molecular formula is C26H31N3O3. The monoisotopic (exact) mass is 433 g/mol. The molecule has 1 aliphatic heterocycles. The van der Waals surface area contributed by atoms with Gasteiger partial charge in [-0.1, -0.05) is 49.1 Å². The van der Waals surface area contributed by atoms with Crippen molar-refractivity contribution in [3.05, 3.63) is 59.0 Å². The lowest BCUT2D eigenvalue weighted by atomic mass is 9.91. The van der Waals surface area contributed by atoms with Crippen molar-refractivity contribution < 1.29 is 14.0 Å². The molecular weight excluding hydrogens is 402 g/mol. The third-order valence-corrected chi connectivity index (χ3v) is 7.13. The Hall–Kier alpha value is -3.02. The average molecular weight is 434 g/mol. The van der Waals surface area contributed by atoms with Crippen molar-refractivity contribution in [1.29, 1.82) is 0 Å². The van der Waals surface area contributed by atoms with Crippen molar-refractivity contribution >= 4 is 22.9 Å². The van der Waals surface area contributed by atoms with Gasteiger partial charge >= 0.3 is 0 Å². The zero-order valence-electron chi connectivity index (χ0n) is 19.1. The molecule has 6 heteroatoms. The van der Waals surface area contributed by atoms with Crippen LogP contribution in [0.25, 0.3) is 11.1 Å². The van der Waals surface area contributed by atoms with Crippen LogP contribution in [0.1, 0.15) is 66.4 Å². The fourth-order valence-electron chi connectivity index (χ4n) is 5.17. The molecule has 168 valence electrons. The Kier molecular flexibility index (Phi) is 5.11. The van der Waals surface area contributed by atoms with Crippen molar-refractivity contribution in [2.45, 2.75) is 77.5 Å². The molecule has 5 rings (SSSR count). The molecule has 1 aliphatic carbocycles. The molecule has 0 unspecified atom stereocenters. The van der Waals surface area contributed by atoms with Gasteiger partial charge in [0.2, 0.25) is 5.91 Å². The summed E-state index contributed by atoms with van der Waals surface area (Å²) in [6.07, 6.45) is 5.53. The van der Waals surface area contributed by atoms with Gasteiger partial charge in [-0.2, -0.15) is 0 Å². The number of aromatic nitrogens is 1. The standard InChI is InChI=1S/C26H31N3O3/c1-17-9-11-19(12-10-17)15-29-24(30)22-14-23-21(13-18(2)32-23)28(22)16-26(29,3)25(31)27-20-7-5-4-6-8-20/h9-14,20H,4-8,15-16H2,1-3H3,(H,27,31)/t26-/m0/s1. The number of hydrogen-bond donors (Lipinski definition) is 1. The first-order valence-corrected chi connectivity index (χ1v) is 11.6. The van der Waals surface area contributed by atoms with Crippen LogP contribution in [0.5, 0.6) is 0 Å². The van der Waals surface area contributed by atoms with Crippen molar-refractivity contribution in [3.8, 4) is 0 Å². The van der Waals surface area contributed by atoms with Crippen molar-refractivity contribution in [1.82, 2.24) is 14.8 Å². The summed E-state index contributed by atoms with van der Waals surface area (Å²) in [4.78, 5) is 29.2. The molecule has 2 amide bonds. The van der Waals surface area contributed by atoms with Crippen LogP contribution in [0.2, 0.25) is 0 Å². The van der Waals surface area contributed by atoms with Crippen molar-refractivity contribution in [2.24, 2.45) is 0 Å². The van der Waals surface area contributed by atoms with Gasteiger partial charge in [0.05, 0.1) is 12.1 Å². The Labute approximate surface area is 188 Å². The van der Waals surface area contributed by atoms with Crippen LogP contribution in [0.15, 0.2) is 40.8 Å². The van der Waals surface area contributed by atoms with E-state index in [4.69, 9.17) is 4.42 Å². The predicted molar refractivity (Wildman–Crippen MR) is 123 cm³/mol. The molecule has 2 aliphatic rings. The molecule has 3 aromatic rings. The third-order valence-electron chi connectivity index (χ3n) is 7.13. The minimum Gasteiger partial charge on any atom is -0.460 e. The number of rotatable bonds is 4. The average Bonchev–Trinajstić information content (AvgIpc) is 3.30. The molecule has 2 aromatic heterocycles. The highest BCUT2D eigenvalue weighted by Gasteiger charge is 2.48. The highest BCUT2D eigenvalue weighted by molar-refractivity contribution is 6.03. The van der Waals surface area contributed by atoms with E-state index < -0.39 is 5.54 Å². The Morgan fingerprint density at radius 1 is 1.12 bits per heavy atom. The lowest BCUT2D eigenvalue weighted by Gasteiger charge is -2.44. The van der Waals surface area contributed by atoms with Crippen LogP contribution in [0.4, 0.5) is 0 Å². The van der Waals surface area contributed by atoms with Crippen LogP contribution in [-0.4, -0.2) is 32.9 Å². The Bertz CT molecular complexity index is 1170. The van der Waals surface area contributed by atoms with Gasteiger partial charge in [0, 0.05) is 24.7 Å². The largest absolute Gasteiger partial charge is 0.460 e. The number of furan rings is 1. The Morgan fingerprint density at radius 3 is 2.56 bits per heavy atom. The minimum atomic E-state index is -0.996. The van der Waals surface area contributed by atoms with Gasteiger partial charge in [0.15, 0.2) is 5.58 Å². The second kappa shape index (κ2) is 7.84. The SMILES string of the molecule is Cc1ccc(CN2C(=O)c3cc4oc(C)cc4n3C[C@@]2(C)C(=O)NC2CCCCC2)cc1. The summed E-state index contributed by atoms with van der Waals surface area (Å²) >= 11 is 0. The highest BCUT2D eigenvalue weighted by Crippen LogP contribution is 2.35. The van der Waals surface area contributed by atoms with E-state index in [0.29, 0.717) is 24.4 Å². The van der Waals surface area contributed by atoms with Crippen LogP contribution in [0, 0.1) is 13.8 Å². The second-order valence-electron chi connectivity index (χ2n) is 9.68. The summed E-state index contributed by atoms with van der Waals surface area (Å²) in [5, 5.41) is 3.28. The minimum absolute atomic E-state index is 0.0717. The zero-order valence-corrected chi connectivity index (χ0v) is 19.1. The van der Waals surface area contributed by atoms with Crippen LogP contribution >= 0.6 is 0 Å². The number of carbonyl (C=O) groups excluding carboxylic acids is 2. The normalized spacial score (nSPS) is 21.7. The van der Waals surface area contributed by atoms with E-state index in [1.165, 1.54) is 12.0 Å². The smallest absolute Gasteiger partial charge is 0.271 e. The molecule has 1 N–H and O–H groups in total. The van der Waals surface area contributed by atoms with Gasteiger partial charge in [0.1, 0.15) is 17.0 Å². The molecule has 6 nitrogen and oxygen atoms in total. The highest BCUT2D eigenvalue weighted by atomic mass is 16.3. The summed E-state index contributed by atoms with van der Waals surface area (Å²) in [6.45, 7) is 6.64. The number of carbonyl (C=O) groups is 2. The molecule has 0 bridgehead atoms. The molecule has 0 saturated heterocycles. The summed E-state index contributed by atoms with van der Waals surface area (Å²) < 4.78 is 7.75. The van der Waals surface area contributed by atoms with Gasteiger partial charge in [-0.3, -0.25) is 9.59 Å². The molecule has 1 atom stereocenters. The van der Waals surface area contributed by atoms with Gasteiger partial charge in [-0.25, -0.2) is 0 Å². The van der Waals surface area contributed by atoms with Gasteiger partial charge in [0.25, 0.3) is 5.91 Å². The first-order valence-electron chi connectivity index (χ1n) is 11.6. The second-order valence-corrected chi connectivity index (χ2v) is 9.68. The Balaban J connectivity index is 1.54. The topological polar surface area (TPSA) is 67.5 Å². The zero-order chi connectivity index (χ0) is 22.5. The maximum absolute atomic E-state index is 13.7. The number of amides is 2. The first kappa shape index (κ1) is 20.9. The fraction of sp³-hybridized carbons (Fsp3) is 0.462. The molecule has 1 fully saturated rings. The number of aryl methyl sites for hydroxylation is 2. The lowest BCUT2D eigenvalue weighted by Crippen LogP contribution is -2.64. The quantitative estimate of drug-likeness (QED) is 0.648. The molecule has 0 radical (unpaired) electrons. The molecule has 1 aromatic carbocycles. The third kappa shape index (κ3) is 3.51. The number of fused-ring (bicyclic) bond motifs is 3.